The van der Waals surface area contributed by atoms with E-state index in [2.05, 4.69) is 41.0 Å². The van der Waals surface area contributed by atoms with Crippen LogP contribution in [0.25, 0.3) is 0 Å². The van der Waals surface area contributed by atoms with Gasteiger partial charge in [-0.2, -0.15) is 0 Å². The number of hydrogen-bond donors (Lipinski definition) is 1. The van der Waals surface area contributed by atoms with Crippen LogP contribution in [0, 0.1) is 0 Å². The fraction of sp³-hybridized carbons (Fsp3) is 0.625. The minimum atomic E-state index is 0.123. The first kappa shape index (κ1) is 12.9. The minimum Gasteiger partial charge on any atom is -0.366 e. The summed E-state index contributed by atoms with van der Waals surface area (Å²) in [6, 6.07) is 10.3. The van der Waals surface area contributed by atoms with Crippen molar-refractivity contribution < 1.29 is 0 Å². The van der Waals surface area contributed by atoms with E-state index in [1.807, 2.05) is 6.92 Å². The van der Waals surface area contributed by atoms with E-state index in [-0.39, 0.29) is 6.04 Å². The Balaban J connectivity index is 1.77. The molecule has 19 heavy (non-hydrogen) atoms. The molecular weight excluding hydrogens is 234 g/mol. The quantitative estimate of drug-likeness (QED) is 0.885. The zero-order valence-corrected chi connectivity index (χ0v) is 12.0. The highest BCUT2D eigenvalue weighted by molar-refractivity contribution is 5.49. The van der Waals surface area contributed by atoms with Crippen molar-refractivity contribution in [3.05, 3.63) is 29.8 Å². The van der Waals surface area contributed by atoms with Crippen molar-refractivity contribution in [3.63, 3.8) is 0 Å². The van der Waals surface area contributed by atoms with Crippen LogP contribution in [-0.2, 0) is 0 Å². The summed E-state index contributed by atoms with van der Waals surface area (Å²) in [5.41, 5.74) is 8.49. The summed E-state index contributed by atoms with van der Waals surface area (Å²) < 4.78 is 0. The number of anilines is 1. The molecular formula is C16H25N3. The Bertz CT molecular complexity index is 426. The molecule has 0 spiro atoms. The summed E-state index contributed by atoms with van der Waals surface area (Å²) in [5, 5.41) is 0. The number of piperazine rings is 1. The van der Waals surface area contributed by atoms with Crippen LogP contribution >= 0.6 is 0 Å². The largest absolute Gasteiger partial charge is 0.366 e. The molecule has 1 aromatic rings. The fourth-order valence-corrected chi connectivity index (χ4v) is 3.52. The van der Waals surface area contributed by atoms with Crippen LogP contribution < -0.4 is 10.6 Å². The molecule has 3 atom stereocenters. The van der Waals surface area contributed by atoms with E-state index in [4.69, 9.17) is 5.73 Å². The van der Waals surface area contributed by atoms with Gasteiger partial charge >= 0.3 is 0 Å². The predicted octanol–water partition coefficient (Wildman–Crippen LogP) is 2.38. The smallest absolute Gasteiger partial charge is 0.0389 e. The molecule has 0 bridgehead atoms. The van der Waals surface area contributed by atoms with Crippen molar-refractivity contribution in [3.8, 4) is 0 Å². The topological polar surface area (TPSA) is 32.5 Å². The molecule has 2 heterocycles. The molecule has 3 rings (SSSR count). The van der Waals surface area contributed by atoms with Gasteiger partial charge in [0.15, 0.2) is 0 Å². The highest BCUT2D eigenvalue weighted by atomic mass is 15.3. The van der Waals surface area contributed by atoms with Gasteiger partial charge in [-0.15, -0.1) is 0 Å². The molecule has 2 aliphatic heterocycles. The van der Waals surface area contributed by atoms with E-state index in [0.29, 0.717) is 6.04 Å². The number of hydrogen-bond acceptors (Lipinski definition) is 3. The van der Waals surface area contributed by atoms with Crippen LogP contribution in [0.2, 0.25) is 0 Å². The molecule has 2 aliphatic rings. The Morgan fingerprint density at radius 1 is 1.21 bits per heavy atom. The standard InChI is InChI=1S/C16H25N3/c1-12-10-18-9-3-4-16(18)11-19(12)15-7-5-14(6-8-15)13(2)17/h5-8,12-13,16H,3-4,9-11,17H2,1-2H3/t12?,13-,16?/m1/s1. The van der Waals surface area contributed by atoms with Crippen LogP contribution in [0.1, 0.15) is 38.3 Å². The molecule has 0 saturated carbocycles. The average molecular weight is 259 g/mol. The molecule has 2 N–H and O–H groups in total. The van der Waals surface area contributed by atoms with Gasteiger partial charge in [0.05, 0.1) is 0 Å². The third-order valence-corrected chi connectivity index (χ3v) is 4.69. The Morgan fingerprint density at radius 2 is 1.95 bits per heavy atom. The molecule has 2 unspecified atom stereocenters. The molecule has 0 aromatic heterocycles. The number of benzene rings is 1. The highest BCUT2D eigenvalue weighted by Crippen LogP contribution is 2.29. The van der Waals surface area contributed by atoms with Gasteiger partial charge in [0.1, 0.15) is 0 Å². The SMILES string of the molecule is CC1CN2CCCC2CN1c1ccc([C@@H](C)N)cc1. The normalized spacial score (nSPS) is 29.3. The van der Waals surface area contributed by atoms with Gasteiger partial charge in [0.25, 0.3) is 0 Å². The Morgan fingerprint density at radius 3 is 2.63 bits per heavy atom. The van der Waals surface area contributed by atoms with Crippen molar-refractivity contribution in [2.75, 3.05) is 24.5 Å². The summed E-state index contributed by atoms with van der Waals surface area (Å²) >= 11 is 0. The van der Waals surface area contributed by atoms with Crippen molar-refractivity contribution in [2.45, 2.75) is 44.8 Å². The van der Waals surface area contributed by atoms with Crippen molar-refractivity contribution in [1.29, 1.82) is 0 Å². The summed E-state index contributed by atoms with van der Waals surface area (Å²) in [6.45, 7) is 8.06. The van der Waals surface area contributed by atoms with Gasteiger partial charge < -0.3 is 10.6 Å². The van der Waals surface area contributed by atoms with Crippen molar-refractivity contribution in [2.24, 2.45) is 5.73 Å². The molecule has 0 amide bonds. The molecule has 2 fully saturated rings. The summed E-state index contributed by atoms with van der Waals surface area (Å²) in [5.74, 6) is 0. The maximum Gasteiger partial charge on any atom is 0.0389 e. The lowest BCUT2D eigenvalue weighted by molar-refractivity contribution is 0.203. The van der Waals surface area contributed by atoms with E-state index in [1.54, 1.807) is 0 Å². The summed E-state index contributed by atoms with van der Waals surface area (Å²) in [4.78, 5) is 5.23. The number of nitrogens with zero attached hydrogens (tertiary/aromatic N) is 2. The zero-order chi connectivity index (χ0) is 13.4. The fourth-order valence-electron chi connectivity index (χ4n) is 3.52. The third-order valence-electron chi connectivity index (χ3n) is 4.69. The van der Waals surface area contributed by atoms with Gasteiger partial charge in [-0.3, -0.25) is 4.90 Å². The Hall–Kier alpha value is -1.06. The minimum absolute atomic E-state index is 0.123. The zero-order valence-electron chi connectivity index (χ0n) is 12.0. The highest BCUT2D eigenvalue weighted by Gasteiger charge is 2.34. The Labute approximate surface area is 116 Å². The Kier molecular flexibility index (Phi) is 3.50. The second-order valence-electron chi connectivity index (χ2n) is 6.17. The molecule has 0 aliphatic carbocycles. The second kappa shape index (κ2) is 5.14. The van der Waals surface area contributed by atoms with E-state index >= 15 is 0 Å². The maximum absolute atomic E-state index is 5.92. The van der Waals surface area contributed by atoms with E-state index in [0.717, 1.165) is 6.04 Å². The molecule has 3 nitrogen and oxygen atoms in total. The molecule has 104 valence electrons. The summed E-state index contributed by atoms with van der Waals surface area (Å²) in [6.07, 6.45) is 2.73. The van der Waals surface area contributed by atoms with E-state index in [1.165, 1.54) is 43.7 Å². The van der Waals surface area contributed by atoms with Gasteiger partial charge in [0.2, 0.25) is 0 Å². The second-order valence-corrected chi connectivity index (χ2v) is 6.17. The van der Waals surface area contributed by atoms with E-state index in [9.17, 15) is 0 Å². The lowest BCUT2D eigenvalue weighted by Gasteiger charge is -2.43. The number of nitrogens with two attached hydrogens (primary N) is 1. The first-order valence-corrected chi connectivity index (χ1v) is 7.51. The van der Waals surface area contributed by atoms with Crippen LogP contribution in [0.15, 0.2) is 24.3 Å². The molecule has 2 saturated heterocycles. The first-order chi connectivity index (χ1) is 9.15. The van der Waals surface area contributed by atoms with E-state index < -0.39 is 0 Å². The van der Waals surface area contributed by atoms with Gasteiger partial charge in [-0.1, -0.05) is 12.1 Å². The van der Waals surface area contributed by atoms with Crippen LogP contribution in [0.5, 0.6) is 0 Å². The number of fused-ring (bicyclic) bond motifs is 1. The van der Waals surface area contributed by atoms with Crippen LogP contribution in [-0.4, -0.2) is 36.6 Å². The maximum atomic E-state index is 5.92. The van der Waals surface area contributed by atoms with Crippen molar-refractivity contribution in [1.82, 2.24) is 4.90 Å². The first-order valence-electron chi connectivity index (χ1n) is 7.51. The van der Waals surface area contributed by atoms with Crippen molar-refractivity contribution >= 4 is 5.69 Å². The molecule has 0 radical (unpaired) electrons. The lowest BCUT2D eigenvalue weighted by Crippen LogP contribution is -2.55. The van der Waals surface area contributed by atoms with Crippen LogP contribution in [0.4, 0.5) is 5.69 Å². The summed E-state index contributed by atoms with van der Waals surface area (Å²) in [7, 11) is 0. The average Bonchev–Trinajstić information content (AvgIpc) is 2.85. The van der Waals surface area contributed by atoms with Gasteiger partial charge in [-0.25, -0.2) is 0 Å². The third kappa shape index (κ3) is 2.49. The molecule has 3 heteroatoms. The monoisotopic (exact) mass is 259 g/mol. The predicted molar refractivity (Wildman–Crippen MR) is 80.4 cm³/mol. The lowest BCUT2D eigenvalue weighted by atomic mass is 10.0. The van der Waals surface area contributed by atoms with Crippen LogP contribution in [0.3, 0.4) is 0 Å². The van der Waals surface area contributed by atoms with Gasteiger partial charge in [0, 0.05) is 36.9 Å². The molecule has 1 aromatic carbocycles. The number of rotatable bonds is 2. The van der Waals surface area contributed by atoms with Gasteiger partial charge in [-0.05, 0) is 50.9 Å².